The number of aliphatic hydroxyl groups is 1. The summed E-state index contributed by atoms with van der Waals surface area (Å²) >= 11 is 0. The highest BCUT2D eigenvalue weighted by Gasteiger charge is 2.51. The molecule has 0 aromatic rings. The monoisotopic (exact) mass is 669 g/mol. The van der Waals surface area contributed by atoms with Crippen molar-refractivity contribution in [2.45, 2.75) is 130 Å². The first-order valence-electron chi connectivity index (χ1n) is 16.2. The van der Waals surface area contributed by atoms with Gasteiger partial charge in [-0.3, -0.25) is 24.0 Å². The minimum Gasteiger partial charge on any atom is -0.461 e. The predicted molar refractivity (Wildman–Crippen MR) is 170 cm³/mol. The lowest BCUT2D eigenvalue weighted by Gasteiger charge is -2.47. The number of ketones is 2. The SMILES string of the molecule is CC[C@H]1OC(=O)[C@H](C)C(=O)[C@H](C)[C@@H](OC2O[C@H](C)C[C@H](N(C)C)[C@H]2OC(C)=O)[C@@](C)(OC)C[C@@H](C)C(=O)C(COC(C)=O)=C[C@]1(C)O. The third kappa shape index (κ3) is 10.1. The van der Waals surface area contributed by atoms with Gasteiger partial charge in [0, 0.05) is 38.4 Å². The van der Waals surface area contributed by atoms with E-state index in [4.69, 9.17) is 28.4 Å². The minimum atomic E-state index is -1.84. The Kier molecular flexibility index (Phi) is 14.3. The molecule has 1 saturated heterocycles. The molecule has 0 radical (unpaired) electrons. The molecule has 13 heteroatoms. The molecular weight excluding hydrogens is 614 g/mol. The van der Waals surface area contributed by atoms with Gasteiger partial charge < -0.3 is 38.4 Å². The lowest BCUT2D eigenvalue weighted by molar-refractivity contribution is -0.297. The van der Waals surface area contributed by atoms with E-state index in [1.54, 1.807) is 27.7 Å². The number of likely N-dealkylation sites (N-methyl/N-ethyl adjacent to an activating group) is 1. The van der Waals surface area contributed by atoms with Crippen LogP contribution in [0.3, 0.4) is 0 Å². The quantitative estimate of drug-likeness (QED) is 0.228. The summed E-state index contributed by atoms with van der Waals surface area (Å²) in [5.74, 6) is -6.07. The Morgan fingerprint density at radius 1 is 1.06 bits per heavy atom. The third-order valence-electron chi connectivity index (χ3n) is 9.24. The average molecular weight is 670 g/mol. The average Bonchev–Trinajstić information content (AvgIpc) is 2.98. The molecular formula is C34H55NO12. The van der Waals surface area contributed by atoms with Crippen molar-refractivity contribution in [1.82, 2.24) is 4.90 Å². The van der Waals surface area contributed by atoms with Crippen molar-refractivity contribution in [2.75, 3.05) is 27.8 Å². The molecule has 2 rings (SSSR count). The maximum absolute atomic E-state index is 14.0. The number of nitrogens with zero attached hydrogens (tertiary/aromatic N) is 1. The number of hydrogen-bond acceptors (Lipinski definition) is 13. The molecule has 2 heterocycles. The van der Waals surface area contributed by atoms with E-state index in [1.807, 2.05) is 25.9 Å². The molecule has 1 unspecified atom stereocenters. The summed E-state index contributed by atoms with van der Waals surface area (Å²) in [7, 11) is 5.13. The Hall–Kier alpha value is -2.71. The van der Waals surface area contributed by atoms with E-state index in [2.05, 4.69) is 0 Å². The van der Waals surface area contributed by atoms with Crippen LogP contribution in [0.25, 0.3) is 0 Å². The van der Waals surface area contributed by atoms with Gasteiger partial charge in [-0.1, -0.05) is 20.8 Å². The minimum absolute atomic E-state index is 0.00513. The third-order valence-corrected chi connectivity index (χ3v) is 9.24. The zero-order valence-electron chi connectivity index (χ0n) is 30.0. The lowest BCUT2D eigenvalue weighted by Crippen LogP contribution is -2.60. The van der Waals surface area contributed by atoms with Gasteiger partial charge in [0.15, 0.2) is 24.0 Å². The zero-order valence-corrected chi connectivity index (χ0v) is 30.0. The molecule has 11 atom stereocenters. The van der Waals surface area contributed by atoms with Crippen LogP contribution < -0.4 is 0 Å². The number of esters is 3. The number of rotatable bonds is 8. The lowest BCUT2D eigenvalue weighted by atomic mass is 9.76. The highest BCUT2D eigenvalue weighted by Crippen LogP contribution is 2.38. The maximum atomic E-state index is 14.0. The van der Waals surface area contributed by atoms with E-state index in [0.29, 0.717) is 6.42 Å². The van der Waals surface area contributed by atoms with Gasteiger partial charge in [0.25, 0.3) is 0 Å². The van der Waals surface area contributed by atoms with Gasteiger partial charge >= 0.3 is 17.9 Å². The zero-order chi connectivity index (χ0) is 36.0. The van der Waals surface area contributed by atoms with Gasteiger partial charge in [0.05, 0.1) is 23.9 Å². The molecule has 1 fully saturated rings. The second-order valence-electron chi connectivity index (χ2n) is 13.6. The summed E-state index contributed by atoms with van der Waals surface area (Å²) in [5, 5.41) is 11.4. The number of methoxy groups -OCH3 is 1. The molecule has 13 nitrogen and oxygen atoms in total. The normalized spacial score (nSPS) is 37.9. The number of Topliss-reactive ketones (excluding diaryl/α,β-unsaturated/α-hetero) is 2. The van der Waals surface area contributed by atoms with E-state index in [1.165, 1.54) is 40.9 Å². The second kappa shape index (κ2) is 16.6. The Bertz CT molecular complexity index is 1180. The first-order valence-corrected chi connectivity index (χ1v) is 16.2. The molecule has 268 valence electrons. The molecule has 2 aliphatic rings. The Balaban J connectivity index is 2.74. The number of hydrogen-bond donors (Lipinski definition) is 1. The predicted octanol–water partition coefficient (Wildman–Crippen LogP) is 2.79. The number of carbonyl (C=O) groups excluding carboxylic acids is 5. The second-order valence-corrected chi connectivity index (χ2v) is 13.6. The molecule has 0 aliphatic carbocycles. The van der Waals surface area contributed by atoms with Gasteiger partial charge in [0.1, 0.15) is 24.2 Å². The molecule has 0 spiro atoms. The van der Waals surface area contributed by atoms with E-state index in [0.717, 1.165) is 0 Å². The summed E-state index contributed by atoms with van der Waals surface area (Å²) < 4.78 is 35.4. The number of carbonyl (C=O) groups is 5. The van der Waals surface area contributed by atoms with Gasteiger partial charge in [-0.05, 0) is 67.1 Å². The van der Waals surface area contributed by atoms with Crippen molar-refractivity contribution in [3.8, 4) is 0 Å². The molecule has 2 aliphatic heterocycles. The molecule has 47 heavy (non-hydrogen) atoms. The van der Waals surface area contributed by atoms with E-state index in [9.17, 15) is 29.1 Å². The molecule has 1 N–H and O–H groups in total. The van der Waals surface area contributed by atoms with Crippen molar-refractivity contribution in [3.05, 3.63) is 11.6 Å². The highest BCUT2D eigenvalue weighted by atomic mass is 16.7. The van der Waals surface area contributed by atoms with Crippen molar-refractivity contribution in [1.29, 1.82) is 0 Å². The van der Waals surface area contributed by atoms with Crippen LogP contribution in [-0.2, 0) is 52.4 Å². The molecule has 0 saturated carbocycles. The van der Waals surface area contributed by atoms with Crippen LogP contribution in [0.1, 0.15) is 81.6 Å². The smallest absolute Gasteiger partial charge is 0.316 e. The fourth-order valence-electron chi connectivity index (χ4n) is 6.55. The summed E-state index contributed by atoms with van der Waals surface area (Å²) in [6.07, 6.45) is -2.59. The van der Waals surface area contributed by atoms with Gasteiger partial charge in [-0.25, -0.2) is 0 Å². The van der Waals surface area contributed by atoms with E-state index >= 15 is 0 Å². The van der Waals surface area contributed by atoms with Crippen molar-refractivity contribution in [3.63, 3.8) is 0 Å². The van der Waals surface area contributed by atoms with Gasteiger partial charge in [-0.15, -0.1) is 0 Å². The van der Waals surface area contributed by atoms with Gasteiger partial charge in [0.2, 0.25) is 0 Å². The van der Waals surface area contributed by atoms with Crippen molar-refractivity contribution in [2.24, 2.45) is 17.8 Å². The summed E-state index contributed by atoms with van der Waals surface area (Å²) in [4.78, 5) is 67.3. The van der Waals surface area contributed by atoms with Crippen molar-refractivity contribution < 1.29 is 57.5 Å². The molecule has 0 aromatic carbocycles. The first-order chi connectivity index (χ1) is 21.7. The van der Waals surface area contributed by atoms with E-state index in [-0.39, 0.29) is 30.6 Å². The van der Waals surface area contributed by atoms with Crippen LogP contribution >= 0.6 is 0 Å². The van der Waals surface area contributed by atoms with Crippen LogP contribution in [0, 0.1) is 17.8 Å². The number of cyclic esters (lactones) is 1. The van der Waals surface area contributed by atoms with Crippen LogP contribution in [0.15, 0.2) is 11.6 Å². The summed E-state index contributed by atoms with van der Waals surface area (Å²) in [5.41, 5.74) is -3.18. The van der Waals surface area contributed by atoms with Gasteiger partial charge in [-0.2, -0.15) is 0 Å². The fraction of sp³-hybridized carbons (Fsp3) is 0.794. The summed E-state index contributed by atoms with van der Waals surface area (Å²) in [6, 6.07) is -0.284. The van der Waals surface area contributed by atoms with Crippen LogP contribution in [-0.4, -0.2) is 115 Å². The molecule has 0 aromatic heterocycles. The Morgan fingerprint density at radius 2 is 1.68 bits per heavy atom. The molecule has 0 bridgehead atoms. The Labute approximate surface area is 278 Å². The standard InChI is InChI=1S/C34H55NO12/c1-13-26-33(8,41)16-24(17-43-22(6)36)27(38)18(2)15-34(9,42-12)30(20(4)28(39)21(5)31(40)46-26)47-32-29(45-23(7)37)25(35(10)11)14-19(3)44-32/h16,18-21,25-26,29-30,32,41H,13-15,17H2,1-12H3/t18-,19-,20+,21-,25+,26-,29-,30-,32?,33+,34+/m1/s1. The van der Waals surface area contributed by atoms with Crippen LogP contribution in [0.5, 0.6) is 0 Å². The van der Waals surface area contributed by atoms with Crippen molar-refractivity contribution >= 4 is 29.5 Å². The topological polar surface area (TPSA) is 164 Å². The highest BCUT2D eigenvalue weighted by molar-refractivity contribution is 6.00. The first kappa shape index (κ1) is 40.5. The molecule has 0 amide bonds. The fourth-order valence-corrected chi connectivity index (χ4v) is 6.55. The van der Waals surface area contributed by atoms with E-state index < -0.39 is 89.6 Å². The van der Waals surface area contributed by atoms with Crippen LogP contribution in [0.2, 0.25) is 0 Å². The maximum Gasteiger partial charge on any atom is 0.316 e. The summed E-state index contributed by atoms with van der Waals surface area (Å²) in [6.45, 7) is 13.4. The largest absolute Gasteiger partial charge is 0.461 e. The Morgan fingerprint density at radius 3 is 2.19 bits per heavy atom. The number of ether oxygens (including phenoxy) is 6. The van der Waals surface area contributed by atoms with Crippen LogP contribution in [0.4, 0.5) is 0 Å².